The fourth-order valence-corrected chi connectivity index (χ4v) is 3.04. The van der Waals surface area contributed by atoms with Crippen molar-refractivity contribution in [3.63, 3.8) is 0 Å². The van der Waals surface area contributed by atoms with Crippen LogP contribution in [0.2, 0.25) is 0 Å². The maximum atomic E-state index is 4.57. The summed E-state index contributed by atoms with van der Waals surface area (Å²) in [4.78, 5) is 5.63. The monoisotopic (exact) mass is 271 g/mol. The van der Waals surface area contributed by atoms with E-state index in [4.69, 9.17) is 0 Å². The molecule has 3 rings (SSSR count). The highest BCUT2D eigenvalue weighted by Gasteiger charge is 2.09. The van der Waals surface area contributed by atoms with E-state index in [-0.39, 0.29) is 0 Å². The topological polar surface area (TPSA) is 29.3 Å². The number of aryl methyl sites for hydroxylation is 3. The van der Waals surface area contributed by atoms with Crippen molar-refractivity contribution in [1.82, 2.24) is 9.38 Å². The van der Waals surface area contributed by atoms with Crippen molar-refractivity contribution in [1.29, 1.82) is 0 Å². The summed E-state index contributed by atoms with van der Waals surface area (Å²) in [5.41, 5.74) is 6.08. The van der Waals surface area contributed by atoms with Crippen LogP contribution in [0.4, 0.5) is 5.69 Å². The maximum Gasteiger partial charge on any atom is 0.194 e. The minimum absolute atomic E-state index is 0.800. The van der Waals surface area contributed by atoms with Gasteiger partial charge in [0.05, 0.1) is 17.9 Å². The van der Waals surface area contributed by atoms with Crippen molar-refractivity contribution in [2.75, 3.05) is 5.32 Å². The van der Waals surface area contributed by atoms with E-state index in [1.165, 1.54) is 22.5 Å². The minimum Gasteiger partial charge on any atom is -0.379 e. The second kappa shape index (κ2) is 4.70. The Morgan fingerprint density at radius 2 is 2.11 bits per heavy atom. The van der Waals surface area contributed by atoms with Crippen LogP contribution in [0.3, 0.4) is 0 Å². The standard InChI is InChI=1S/C15H17N3S/c1-10-4-5-11(2)13(8-10)16-9-14-12(3)17-15-18(14)6-7-19-15/h4-8,16H,9H2,1-3H3. The number of hydrogen-bond acceptors (Lipinski definition) is 3. The predicted molar refractivity (Wildman–Crippen MR) is 81.0 cm³/mol. The molecule has 1 N–H and O–H groups in total. The molecule has 4 heteroatoms. The van der Waals surface area contributed by atoms with E-state index < -0.39 is 0 Å². The van der Waals surface area contributed by atoms with Crippen LogP contribution < -0.4 is 5.32 Å². The Labute approximate surface area is 116 Å². The number of rotatable bonds is 3. The lowest BCUT2D eigenvalue weighted by molar-refractivity contribution is 0.992. The Morgan fingerprint density at radius 3 is 2.95 bits per heavy atom. The van der Waals surface area contributed by atoms with Gasteiger partial charge < -0.3 is 5.32 Å². The van der Waals surface area contributed by atoms with Gasteiger partial charge in [0.15, 0.2) is 4.96 Å². The van der Waals surface area contributed by atoms with Crippen LogP contribution in [-0.2, 0) is 6.54 Å². The highest BCUT2D eigenvalue weighted by molar-refractivity contribution is 7.15. The van der Waals surface area contributed by atoms with E-state index in [0.29, 0.717) is 0 Å². The van der Waals surface area contributed by atoms with Gasteiger partial charge in [0.25, 0.3) is 0 Å². The first-order chi connectivity index (χ1) is 9.15. The summed E-state index contributed by atoms with van der Waals surface area (Å²) in [6.45, 7) is 7.12. The van der Waals surface area contributed by atoms with Crippen LogP contribution in [-0.4, -0.2) is 9.38 Å². The summed E-state index contributed by atoms with van der Waals surface area (Å²) in [6.07, 6.45) is 2.08. The minimum atomic E-state index is 0.800. The molecule has 0 aliphatic heterocycles. The maximum absolute atomic E-state index is 4.57. The van der Waals surface area contributed by atoms with Crippen LogP contribution in [0.1, 0.15) is 22.5 Å². The molecule has 0 unspecified atom stereocenters. The number of nitrogens with zero attached hydrogens (tertiary/aromatic N) is 2. The van der Waals surface area contributed by atoms with E-state index in [9.17, 15) is 0 Å². The summed E-state index contributed by atoms with van der Waals surface area (Å²) in [7, 11) is 0. The number of fused-ring (bicyclic) bond motifs is 1. The zero-order chi connectivity index (χ0) is 13.4. The summed E-state index contributed by atoms with van der Waals surface area (Å²) in [5, 5.41) is 5.60. The quantitative estimate of drug-likeness (QED) is 0.782. The number of nitrogens with one attached hydrogen (secondary N) is 1. The van der Waals surface area contributed by atoms with E-state index in [2.05, 4.69) is 65.2 Å². The molecule has 0 spiro atoms. The number of thiazole rings is 1. The molecule has 0 fully saturated rings. The van der Waals surface area contributed by atoms with Gasteiger partial charge >= 0.3 is 0 Å². The normalized spacial score (nSPS) is 11.1. The molecule has 3 nitrogen and oxygen atoms in total. The lowest BCUT2D eigenvalue weighted by atomic mass is 10.1. The van der Waals surface area contributed by atoms with Crippen molar-refractivity contribution in [2.24, 2.45) is 0 Å². The Hall–Kier alpha value is -1.81. The molecule has 3 aromatic rings. The van der Waals surface area contributed by atoms with E-state index >= 15 is 0 Å². The van der Waals surface area contributed by atoms with Gasteiger partial charge in [-0.3, -0.25) is 4.40 Å². The van der Waals surface area contributed by atoms with Gasteiger partial charge in [-0.05, 0) is 38.0 Å². The average Bonchev–Trinajstić information content (AvgIpc) is 2.92. The third kappa shape index (κ3) is 2.24. The summed E-state index contributed by atoms with van der Waals surface area (Å²) in [5.74, 6) is 0. The first-order valence-corrected chi connectivity index (χ1v) is 7.25. The third-order valence-electron chi connectivity index (χ3n) is 3.40. The van der Waals surface area contributed by atoms with Crippen LogP contribution in [0, 0.1) is 20.8 Å². The van der Waals surface area contributed by atoms with E-state index in [0.717, 1.165) is 17.2 Å². The average molecular weight is 271 g/mol. The Bertz CT molecular complexity index is 724. The van der Waals surface area contributed by atoms with Crippen molar-refractivity contribution >= 4 is 22.0 Å². The third-order valence-corrected chi connectivity index (χ3v) is 4.16. The SMILES string of the molecule is Cc1ccc(C)c(NCc2c(C)nc3sccn23)c1. The number of benzene rings is 1. The molecule has 0 bridgehead atoms. The summed E-state index contributed by atoms with van der Waals surface area (Å²) < 4.78 is 2.16. The smallest absolute Gasteiger partial charge is 0.194 e. The van der Waals surface area contributed by atoms with Gasteiger partial charge in [0, 0.05) is 17.3 Å². The fraction of sp³-hybridized carbons (Fsp3) is 0.267. The van der Waals surface area contributed by atoms with Gasteiger partial charge in [-0.1, -0.05) is 12.1 Å². The van der Waals surface area contributed by atoms with Crippen LogP contribution in [0.5, 0.6) is 0 Å². The van der Waals surface area contributed by atoms with Gasteiger partial charge in [0.2, 0.25) is 0 Å². The Kier molecular flexibility index (Phi) is 3.03. The van der Waals surface area contributed by atoms with Crippen molar-refractivity contribution in [3.8, 4) is 0 Å². The lowest BCUT2D eigenvalue weighted by Gasteiger charge is -2.10. The molecule has 0 aliphatic rings. The molecule has 0 atom stereocenters. The second-order valence-corrected chi connectivity index (χ2v) is 5.74. The first kappa shape index (κ1) is 12.2. The summed E-state index contributed by atoms with van der Waals surface area (Å²) >= 11 is 1.67. The molecule has 98 valence electrons. The molecule has 1 aromatic carbocycles. The Morgan fingerprint density at radius 1 is 1.26 bits per heavy atom. The molecule has 19 heavy (non-hydrogen) atoms. The van der Waals surface area contributed by atoms with Crippen molar-refractivity contribution in [2.45, 2.75) is 27.3 Å². The van der Waals surface area contributed by atoms with E-state index in [1.807, 2.05) is 0 Å². The van der Waals surface area contributed by atoms with Crippen molar-refractivity contribution < 1.29 is 0 Å². The zero-order valence-electron chi connectivity index (χ0n) is 11.4. The van der Waals surface area contributed by atoms with Crippen molar-refractivity contribution in [3.05, 3.63) is 52.3 Å². The van der Waals surface area contributed by atoms with Crippen LogP contribution in [0.25, 0.3) is 4.96 Å². The largest absolute Gasteiger partial charge is 0.379 e. The lowest BCUT2D eigenvalue weighted by Crippen LogP contribution is -2.04. The first-order valence-electron chi connectivity index (χ1n) is 6.37. The van der Waals surface area contributed by atoms with Gasteiger partial charge in [-0.25, -0.2) is 4.98 Å². The number of aromatic nitrogens is 2. The molecular formula is C15H17N3S. The second-order valence-electron chi connectivity index (χ2n) is 4.87. The predicted octanol–water partition coefficient (Wildman–Crippen LogP) is 3.93. The molecule has 0 saturated carbocycles. The van der Waals surface area contributed by atoms with Crippen LogP contribution in [0.15, 0.2) is 29.8 Å². The molecule has 2 heterocycles. The number of hydrogen-bond donors (Lipinski definition) is 1. The number of imidazole rings is 1. The van der Waals surface area contributed by atoms with E-state index in [1.54, 1.807) is 11.3 Å². The highest BCUT2D eigenvalue weighted by atomic mass is 32.1. The van der Waals surface area contributed by atoms with Gasteiger partial charge in [-0.2, -0.15) is 0 Å². The Balaban J connectivity index is 1.87. The van der Waals surface area contributed by atoms with Gasteiger partial charge in [0.1, 0.15) is 0 Å². The fourth-order valence-electron chi connectivity index (χ4n) is 2.26. The van der Waals surface area contributed by atoms with Crippen LogP contribution >= 0.6 is 11.3 Å². The highest BCUT2D eigenvalue weighted by Crippen LogP contribution is 2.20. The number of anilines is 1. The molecule has 0 radical (unpaired) electrons. The molecule has 0 aliphatic carbocycles. The molecular weight excluding hydrogens is 254 g/mol. The zero-order valence-corrected chi connectivity index (χ0v) is 12.2. The molecule has 2 aromatic heterocycles. The van der Waals surface area contributed by atoms with Gasteiger partial charge in [-0.15, -0.1) is 11.3 Å². The summed E-state index contributed by atoms with van der Waals surface area (Å²) in [6, 6.07) is 6.49. The molecule has 0 amide bonds. The molecule has 0 saturated heterocycles.